The highest BCUT2D eigenvalue weighted by Gasteiger charge is 2.26. The van der Waals surface area contributed by atoms with Gasteiger partial charge in [-0.3, -0.25) is 4.79 Å². The van der Waals surface area contributed by atoms with E-state index < -0.39 is 0 Å². The van der Waals surface area contributed by atoms with Crippen molar-refractivity contribution in [1.29, 1.82) is 0 Å². The molecular weight excluding hydrogens is 262 g/mol. The molecule has 0 aromatic carbocycles. The van der Waals surface area contributed by atoms with Crippen LogP contribution in [0, 0.1) is 13.8 Å². The van der Waals surface area contributed by atoms with Crippen molar-refractivity contribution >= 4 is 21.6 Å². The van der Waals surface area contributed by atoms with Crippen LogP contribution in [0.2, 0.25) is 0 Å². The number of aromatic nitrogens is 2. The molecule has 2 aromatic rings. The van der Waals surface area contributed by atoms with Crippen LogP contribution in [-0.4, -0.2) is 27.2 Å². The third-order valence-corrected chi connectivity index (χ3v) is 4.86. The molecule has 5 nitrogen and oxygen atoms in total. The van der Waals surface area contributed by atoms with E-state index in [2.05, 4.69) is 15.3 Å². The maximum absolute atomic E-state index is 12.1. The number of aliphatic hydroxyl groups is 1. The predicted molar refractivity (Wildman–Crippen MR) is 75.6 cm³/mol. The molecule has 0 saturated heterocycles. The van der Waals surface area contributed by atoms with E-state index in [1.54, 1.807) is 11.3 Å². The molecule has 3 N–H and O–H groups in total. The average Bonchev–Trinajstić information content (AvgIpc) is 2.59. The van der Waals surface area contributed by atoms with Gasteiger partial charge in [0.2, 0.25) is 0 Å². The van der Waals surface area contributed by atoms with E-state index in [1.165, 1.54) is 0 Å². The summed E-state index contributed by atoms with van der Waals surface area (Å²) < 4.78 is 0. The van der Waals surface area contributed by atoms with Crippen LogP contribution < -0.4 is 10.9 Å². The van der Waals surface area contributed by atoms with Crippen molar-refractivity contribution in [3.05, 3.63) is 26.6 Å². The molecule has 0 amide bonds. The van der Waals surface area contributed by atoms with E-state index in [4.69, 9.17) is 0 Å². The Morgan fingerprint density at radius 3 is 2.89 bits per heavy atom. The largest absolute Gasteiger partial charge is 0.393 e. The Balaban J connectivity index is 1.83. The Bertz CT molecular complexity index is 670. The van der Waals surface area contributed by atoms with Gasteiger partial charge in [0.15, 0.2) is 0 Å². The number of aromatic amines is 1. The zero-order valence-corrected chi connectivity index (χ0v) is 11.8. The minimum atomic E-state index is -0.172. The summed E-state index contributed by atoms with van der Waals surface area (Å²) in [5.41, 5.74) is 0.965. The molecule has 6 heteroatoms. The van der Waals surface area contributed by atoms with Gasteiger partial charge in [0, 0.05) is 10.9 Å². The quantitative estimate of drug-likeness (QED) is 0.789. The minimum absolute atomic E-state index is 0.0581. The number of nitrogens with zero attached hydrogens (tertiary/aromatic N) is 1. The van der Waals surface area contributed by atoms with Crippen molar-refractivity contribution < 1.29 is 5.11 Å². The first-order valence-corrected chi connectivity index (χ1v) is 7.26. The summed E-state index contributed by atoms with van der Waals surface area (Å²) in [6, 6.07) is 0.336. The third-order valence-electron chi connectivity index (χ3n) is 3.76. The monoisotopic (exact) mass is 279 g/mol. The van der Waals surface area contributed by atoms with Gasteiger partial charge in [-0.15, -0.1) is 11.3 Å². The number of H-pyrrole nitrogens is 1. The molecule has 0 unspecified atom stereocenters. The van der Waals surface area contributed by atoms with Gasteiger partial charge >= 0.3 is 0 Å². The van der Waals surface area contributed by atoms with Gasteiger partial charge in [-0.2, -0.15) is 0 Å². The van der Waals surface area contributed by atoms with E-state index in [9.17, 15) is 9.90 Å². The van der Waals surface area contributed by atoms with Crippen LogP contribution in [0.3, 0.4) is 0 Å². The molecule has 0 spiro atoms. The van der Waals surface area contributed by atoms with Crippen LogP contribution in [0.1, 0.15) is 29.1 Å². The lowest BCUT2D eigenvalue weighted by Crippen LogP contribution is -2.44. The molecule has 102 valence electrons. The highest BCUT2D eigenvalue weighted by atomic mass is 32.1. The van der Waals surface area contributed by atoms with Crippen molar-refractivity contribution in [2.75, 3.05) is 0 Å². The number of aryl methyl sites for hydroxylation is 2. The van der Waals surface area contributed by atoms with Crippen LogP contribution in [-0.2, 0) is 6.54 Å². The summed E-state index contributed by atoms with van der Waals surface area (Å²) in [4.78, 5) is 21.3. The number of thiophene rings is 1. The smallest absolute Gasteiger partial charge is 0.259 e. The molecule has 0 radical (unpaired) electrons. The summed E-state index contributed by atoms with van der Waals surface area (Å²) in [5, 5.41) is 13.2. The molecule has 0 bridgehead atoms. The Morgan fingerprint density at radius 2 is 2.21 bits per heavy atom. The number of hydrogen-bond acceptors (Lipinski definition) is 5. The summed E-state index contributed by atoms with van der Waals surface area (Å²) in [5.74, 6) is 0.667. The van der Waals surface area contributed by atoms with Gasteiger partial charge in [-0.25, -0.2) is 4.98 Å². The maximum Gasteiger partial charge on any atom is 0.259 e. The van der Waals surface area contributed by atoms with Crippen LogP contribution in [0.5, 0.6) is 0 Å². The molecule has 1 fully saturated rings. The minimum Gasteiger partial charge on any atom is -0.393 e. The van der Waals surface area contributed by atoms with Crippen LogP contribution in [0.25, 0.3) is 10.2 Å². The SMILES string of the molecule is Cc1sc2nc(CNC3CC(O)C3)[nH]c(=O)c2c1C. The average molecular weight is 279 g/mol. The Labute approximate surface area is 114 Å². The molecule has 1 aliphatic rings. The summed E-state index contributed by atoms with van der Waals surface area (Å²) >= 11 is 1.56. The predicted octanol–water partition coefficient (Wildman–Crippen LogP) is 1.21. The second-order valence-electron chi connectivity index (χ2n) is 5.18. The van der Waals surface area contributed by atoms with E-state index >= 15 is 0 Å². The topological polar surface area (TPSA) is 78.0 Å². The molecule has 2 heterocycles. The standard InChI is InChI=1S/C13H17N3O2S/c1-6-7(2)19-13-11(6)12(18)15-10(16-13)5-14-8-3-9(17)4-8/h8-9,14,17H,3-5H2,1-2H3,(H,15,16,18). The summed E-state index contributed by atoms with van der Waals surface area (Å²) in [6.45, 7) is 4.51. The van der Waals surface area contributed by atoms with Gasteiger partial charge in [0.1, 0.15) is 10.7 Å². The number of hydrogen-bond donors (Lipinski definition) is 3. The fourth-order valence-electron chi connectivity index (χ4n) is 2.38. The number of nitrogens with one attached hydrogen (secondary N) is 2. The molecule has 19 heavy (non-hydrogen) atoms. The van der Waals surface area contributed by atoms with E-state index in [-0.39, 0.29) is 11.7 Å². The highest BCUT2D eigenvalue weighted by Crippen LogP contribution is 2.25. The van der Waals surface area contributed by atoms with Crippen LogP contribution in [0.15, 0.2) is 4.79 Å². The Hall–Kier alpha value is -1.24. The molecule has 0 aliphatic heterocycles. The van der Waals surface area contributed by atoms with Gasteiger partial charge < -0.3 is 15.4 Å². The fraction of sp³-hybridized carbons (Fsp3) is 0.538. The van der Waals surface area contributed by atoms with Crippen molar-refractivity contribution in [2.24, 2.45) is 0 Å². The molecule has 1 aliphatic carbocycles. The van der Waals surface area contributed by atoms with Crippen molar-refractivity contribution in [1.82, 2.24) is 15.3 Å². The zero-order valence-electron chi connectivity index (χ0n) is 11.0. The normalized spacial score (nSPS) is 22.7. The Morgan fingerprint density at radius 1 is 1.47 bits per heavy atom. The first-order chi connectivity index (χ1) is 9.04. The molecular formula is C13H17N3O2S. The first kappa shape index (κ1) is 12.8. The number of fused-ring (bicyclic) bond motifs is 1. The molecule has 2 aromatic heterocycles. The lowest BCUT2D eigenvalue weighted by Gasteiger charge is -2.31. The number of rotatable bonds is 3. The van der Waals surface area contributed by atoms with Gasteiger partial charge in [0.05, 0.1) is 18.0 Å². The second-order valence-corrected chi connectivity index (χ2v) is 6.38. The highest BCUT2D eigenvalue weighted by molar-refractivity contribution is 7.18. The lowest BCUT2D eigenvalue weighted by atomic mass is 9.89. The zero-order chi connectivity index (χ0) is 13.6. The molecule has 3 rings (SSSR count). The van der Waals surface area contributed by atoms with Crippen molar-refractivity contribution in [2.45, 2.75) is 45.4 Å². The van der Waals surface area contributed by atoms with Gasteiger partial charge in [0.25, 0.3) is 5.56 Å². The third kappa shape index (κ3) is 2.31. The van der Waals surface area contributed by atoms with Gasteiger partial charge in [-0.1, -0.05) is 0 Å². The Kier molecular flexibility index (Phi) is 3.16. The van der Waals surface area contributed by atoms with Crippen molar-refractivity contribution in [3.8, 4) is 0 Å². The van der Waals surface area contributed by atoms with E-state index in [0.717, 1.165) is 28.1 Å². The van der Waals surface area contributed by atoms with E-state index in [1.807, 2.05) is 13.8 Å². The fourth-order valence-corrected chi connectivity index (χ4v) is 3.43. The van der Waals surface area contributed by atoms with Crippen LogP contribution in [0.4, 0.5) is 0 Å². The summed E-state index contributed by atoms with van der Waals surface area (Å²) in [7, 11) is 0. The molecule has 0 atom stereocenters. The second kappa shape index (κ2) is 4.70. The first-order valence-electron chi connectivity index (χ1n) is 6.45. The lowest BCUT2D eigenvalue weighted by molar-refractivity contribution is 0.0616. The van der Waals surface area contributed by atoms with E-state index in [0.29, 0.717) is 23.8 Å². The summed E-state index contributed by atoms with van der Waals surface area (Å²) in [6.07, 6.45) is 1.39. The maximum atomic E-state index is 12.1. The van der Waals surface area contributed by atoms with Crippen LogP contribution >= 0.6 is 11.3 Å². The van der Waals surface area contributed by atoms with Gasteiger partial charge in [-0.05, 0) is 32.3 Å². The number of aliphatic hydroxyl groups excluding tert-OH is 1. The molecule has 1 saturated carbocycles. The van der Waals surface area contributed by atoms with Crippen molar-refractivity contribution in [3.63, 3.8) is 0 Å².